The number of benzene rings is 3. The number of fused-ring (bicyclic) bond motifs is 2. The van der Waals surface area contributed by atoms with Crippen molar-refractivity contribution in [2.75, 3.05) is 81.5 Å². The second kappa shape index (κ2) is 22.1. The van der Waals surface area contributed by atoms with Gasteiger partial charge in [-0.2, -0.15) is 0 Å². The van der Waals surface area contributed by atoms with Crippen molar-refractivity contribution in [3.8, 4) is 40.2 Å². The summed E-state index contributed by atoms with van der Waals surface area (Å²) in [5.41, 5.74) is 2.46. The van der Waals surface area contributed by atoms with Crippen molar-refractivity contribution in [3.05, 3.63) is 65.2 Å². The number of ether oxygens (including phenoxy) is 7. The van der Waals surface area contributed by atoms with E-state index in [2.05, 4.69) is 4.99 Å². The molecule has 61 heavy (non-hydrogen) atoms. The third-order valence-electron chi connectivity index (χ3n) is 11.4. The van der Waals surface area contributed by atoms with E-state index in [1.54, 1.807) is 54.4 Å². The van der Waals surface area contributed by atoms with Crippen LogP contribution in [0, 0.1) is 0 Å². The van der Waals surface area contributed by atoms with Crippen molar-refractivity contribution < 1.29 is 47.5 Å². The number of piperazine rings is 1. The molecule has 14 heteroatoms. The van der Waals surface area contributed by atoms with Crippen molar-refractivity contribution in [2.24, 2.45) is 4.99 Å². The molecule has 3 aromatic carbocycles. The lowest BCUT2D eigenvalue weighted by molar-refractivity contribution is -0.127. The first-order valence-electron chi connectivity index (χ1n) is 21.4. The van der Waals surface area contributed by atoms with Crippen molar-refractivity contribution in [1.29, 1.82) is 0 Å². The minimum Gasteiger partial charge on any atom is -0.493 e. The summed E-state index contributed by atoms with van der Waals surface area (Å²) in [5.74, 6) is 3.44. The number of carbonyl (C=O) groups is 3. The highest BCUT2D eigenvalue weighted by Crippen LogP contribution is 2.40. The lowest BCUT2D eigenvalue weighted by Crippen LogP contribution is -2.50. The van der Waals surface area contributed by atoms with E-state index in [1.165, 1.54) is 34.2 Å². The van der Waals surface area contributed by atoms with Gasteiger partial charge in [0.05, 0.1) is 66.1 Å². The molecule has 2 saturated heterocycles. The number of hydrogen-bond acceptors (Lipinski definition) is 11. The zero-order valence-electron chi connectivity index (χ0n) is 36.2. The Morgan fingerprint density at radius 3 is 1.87 bits per heavy atom. The van der Waals surface area contributed by atoms with Crippen LogP contribution in [0.5, 0.6) is 40.2 Å². The number of aliphatic imine (C=N–C) groups is 1. The molecule has 3 aliphatic heterocycles. The van der Waals surface area contributed by atoms with Gasteiger partial charge in [0, 0.05) is 56.6 Å². The summed E-state index contributed by atoms with van der Waals surface area (Å²) >= 11 is 0. The van der Waals surface area contributed by atoms with E-state index in [0.29, 0.717) is 96.5 Å². The van der Waals surface area contributed by atoms with E-state index in [-0.39, 0.29) is 23.8 Å². The lowest BCUT2D eigenvalue weighted by Gasteiger charge is -2.34. The number of amides is 3. The average molecular weight is 841 g/mol. The lowest BCUT2D eigenvalue weighted by atomic mass is 10.1. The second-order valence-corrected chi connectivity index (χ2v) is 15.3. The molecule has 0 N–H and O–H groups in total. The Morgan fingerprint density at radius 1 is 0.656 bits per heavy atom. The highest BCUT2D eigenvalue weighted by atomic mass is 16.5. The van der Waals surface area contributed by atoms with E-state index in [0.717, 1.165) is 63.5 Å². The number of carbonyl (C=O) groups excluding carboxylic acids is 3. The number of unbranched alkanes of at least 4 members (excludes halogenated alkanes) is 7. The predicted molar refractivity (Wildman–Crippen MR) is 234 cm³/mol. The molecule has 0 aliphatic carbocycles. The van der Waals surface area contributed by atoms with Crippen molar-refractivity contribution in [3.63, 3.8) is 0 Å². The molecule has 3 heterocycles. The number of hydrogen-bond donors (Lipinski definition) is 0. The number of rotatable bonds is 21. The second-order valence-electron chi connectivity index (χ2n) is 15.3. The Morgan fingerprint density at radius 2 is 1.25 bits per heavy atom. The maximum Gasteiger partial charge on any atom is 0.256 e. The fourth-order valence-corrected chi connectivity index (χ4v) is 7.95. The van der Waals surface area contributed by atoms with Gasteiger partial charge in [-0.1, -0.05) is 44.6 Å². The fourth-order valence-electron chi connectivity index (χ4n) is 7.95. The zero-order valence-corrected chi connectivity index (χ0v) is 36.2. The highest BCUT2D eigenvalue weighted by Gasteiger charge is 2.33. The van der Waals surface area contributed by atoms with Gasteiger partial charge < -0.3 is 47.9 Å². The molecule has 0 unspecified atom stereocenters. The van der Waals surface area contributed by atoms with Gasteiger partial charge in [0.1, 0.15) is 0 Å². The van der Waals surface area contributed by atoms with Crippen LogP contribution in [0.2, 0.25) is 0 Å². The van der Waals surface area contributed by atoms with Gasteiger partial charge in [-0.15, -0.1) is 0 Å². The Hall–Kier alpha value is -5.92. The third kappa shape index (κ3) is 11.3. The van der Waals surface area contributed by atoms with Crippen LogP contribution in [0.25, 0.3) is 6.08 Å². The summed E-state index contributed by atoms with van der Waals surface area (Å²) in [6.45, 7) is 3.59. The molecular weight excluding hydrogens is 781 g/mol. The van der Waals surface area contributed by atoms with Gasteiger partial charge >= 0.3 is 0 Å². The van der Waals surface area contributed by atoms with Crippen LogP contribution < -0.4 is 33.2 Å². The maximum absolute atomic E-state index is 13.3. The topological polar surface area (TPSA) is 138 Å². The Balaban J connectivity index is 0.839. The van der Waals surface area contributed by atoms with Crippen LogP contribution >= 0.6 is 0 Å². The first-order valence-corrected chi connectivity index (χ1v) is 21.4. The van der Waals surface area contributed by atoms with Crippen LogP contribution in [0.15, 0.2) is 53.5 Å². The fraction of sp³-hybridized carbons (Fsp3) is 0.489. The summed E-state index contributed by atoms with van der Waals surface area (Å²) in [7, 11) is 7.75. The molecule has 328 valence electrons. The van der Waals surface area contributed by atoms with E-state index < -0.39 is 0 Å². The van der Waals surface area contributed by atoms with Gasteiger partial charge in [0.2, 0.25) is 11.7 Å². The molecule has 0 radical (unpaired) electrons. The van der Waals surface area contributed by atoms with Crippen LogP contribution in [0.1, 0.15) is 90.5 Å². The molecular formula is C47H60N4O10. The van der Waals surface area contributed by atoms with Gasteiger partial charge in [0.15, 0.2) is 34.5 Å². The van der Waals surface area contributed by atoms with Crippen molar-refractivity contribution >= 4 is 35.7 Å². The highest BCUT2D eigenvalue weighted by molar-refractivity contribution is 6.03. The van der Waals surface area contributed by atoms with E-state index in [9.17, 15) is 14.4 Å². The number of nitrogens with zero attached hydrogens (tertiary/aromatic N) is 4. The first kappa shape index (κ1) is 44.6. The minimum absolute atomic E-state index is 0.00977. The molecule has 0 aromatic heterocycles. The normalized spacial score (nSPS) is 15.9. The van der Waals surface area contributed by atoms with Crippen molar-refractivity contribution in [2.45, 2.75) is 70.3 Å². The maximum atomic E-state index is 13.3. The summed E-state index contributed by atoms with van der Waals surface area (Å²) in [6, 6.07) is 12.6. The first-order chi connectivity index (χ1) is 29.8. The Bertz CT molecular complexity index is 2020. The molecule has 0 bridgehead atoms. The number of methoxy groups -OCH3 is 5. The molecule has 2 fully saturated rings. The third-order valence-corrected chi connectivity index (χ3v) is 11.4. The minimum atomic E-state index is -0.168. The summed E-state index contributed by atoms with van der Waals surface area (Å²) < 4.78 is 39.5. The summed E-state index contributed by atoms with van der Waals surface area (Å²) in [6.07, 6.45) is 15.9. The standard InChI is InChI=1S/C47H60N4O10/c1-55-39-27-33(17-19-44(52)49-21-23-50(24-22-49)46(53)34-28-42(57-3)45(59-5)43(29-34)58-4)16-18-38(39)60-25-12-10-8-6-7-9-11-13-26-61-41-31-37-36(30-40(41)56-2)47(54)51-20-14-15-35(51)32-48-37/h16-19,27-32,35H,6-15,20-26H2,1-5H3/b19-17+/t35-/m0/s1. The molecule has 0 spiro atoms. The monoisotopic (exact) mass is 840 g/mol. The Labute approximate surface area is 359 Å². The molecule has 3 amide bonds. The molecule has 0 saturated carbocycles. The largest absolute Gasteiger partial charge is 0.493 e. The van der Waals surface area contributed by atoms with Crippen LogP contribution in [-0.4, -0.2) is 126 Å². The average Bonchev–Trinajstić information content (AvgIpc) is 3.73. The Kier molecular flexibility index (Phi) is 16.2. The molecule has 3 aliphatic rings. The summed E-state index contributed by atoms with van der Waals surface area (Å²) in [4.78, 5) is 49.4. The smallest absolute Gasteiger partial charge is 0.256 e. The summed E-state index contributed by atoms with van der Waals surface area (Å²) in [5, 5.41) is 0. The van der Waals surface area contributed by atoms with Gasteiger partial charge in [-0.25, -0.2) is 0 Å². The quantitative estimate of drug-likeness (QED) is 0.0778. The SMILES string of the molecule is COc1cc(/C=C/C(=O)N2CCN(C(=O)c3cc(OC)c(OC)c(OC)c3)CC2)ccc1OCCCCCCCCCCOc1cc2c(cc1OC)C(=O)N1CCC[C@H]1C=N2. The predicted octanol–water partition coefficient (Wildman–Crippen LogP) is 7.63. The van der Waals surface area contributed by atoms with Gasteiger partial charge in [-0.3, -0.25) is 19.4 Å². The van der Waals surface area contributed by atoms with E-state index >= 15 is 0 Å². The molecule has 1 atom stereocenters. The molecule has 3 aromatic rings. The van der Waals surface area contributed by atoms with Crippen molar-refractivity contribution in [1.82, 2.24) is 14.7 Å². The van der Waals surface area contributed by atoms with Crippen LogP contribution in [0.3, 0.4) is 0 Å². The molecule has 6 rings (SSSR count). The van der Waals surface area contributed by atoms with Gasteiger partial charge in [0.25, 0.3) is 11.8 Å². The van der Waals surface area contributed by atoms with Gasteiger partial charge in [-0.05, 0) is 67.7 Å². The molecule has 14 nitrogen and oxygen atoms in total. The van der Waals surface area contributed by atoms with Crippen LogP contribution in [0.4, 0.5) is 5.69 Å². The van der Waals surface area contributed by atoms with E-state index in [1.807, 2.05) is 35.4 Å². The van der Waals surface area contributed by atoms with E-state index in [4.69, 9.17) is 33.2 Å². The van der Waals surface area contributed by atoms with Crippen LogP contribution in [-0.2, 0) is 4.79 Å². The zero-order chi connectivity index (χ0) is 43.1.